The molecule has 0 saturated heterocycles. The molecule has 0 aliphatic heterocycles. The van der Waals surface area contributed by atoms with Crippen LogP contribution in [0.2, 0.25) is 0 Å². The summed E-state index contributed by atoms with van der Waals surface area (Å²) in [7, 11) is 0. The zero-order valence-electron chi connectivity index (χ0n) is 10.5. The van der Waals surface area contributed by atoms with E-state index in [0.717, 1.165) is 22.2 Å². The van der Waals surface area contributed by atoms with Gasteiger partial charge in [-0.1, -0.05) is 17.7 Å². The molecule has 0 saturated carbocycles. The largest absolute Gasteiger partial charge is 0.464 e. The van der Waals surface area contributed by atoms with E-state index in [4.69, 9.17) is 4.42 Å². The van der Waals surface area contributed by atoms with Gasteiger partial charge in [0.15, 0.2) is 0 Å². The second-order valence-electron chi connectivity index (χ2n) is 4.49. The fourth-order valence-corrected chi connectivity index (χ4v) is 1.95. The van der Waals surface area contributed by atoms with Crippen LogP contribution in [0.1, 0.15) is 15.9 Å². The Morgan fingerprint density at radius 1 is 1.05 bits per heavy atom. The van der Waals surface area contributed by atoms with E-state index in [1.807, 2.05) is 55.5 Å². The molecule has 1 amide bonds. The number of nitrogens with one attached hydrogen (secondary N) is 1. The quantitative estimate of drug-likeness (QED) is 0.748. The van der Waals surface area contributed by atoms with E-state index in [1.165, 1.54) is 0 Å². The second kappa shape index (κ2) is 4.61. The maximum absolute atomic E-state index is 12.1. The molecule has 0 aliphatic rings. The van der Waals surface area contributed by atoms with Gasteiger partial charge in [0.25, 0.3) is 5.91 Å². The van der Waals surface area contributed by atoms with Crippen molar-refractivity contribution in [2.75, 3.05) is 5.32 Å². The van der Waals surface area contributed by atoms with E-state index in [2.05, 4.69) is 5.32 Å². The summed E-state index contributed by atoms with van der Waals surface area (Å²) in [6.45, 7) is 1.99. The molecule has 0 aliphatic carbocycles. The van der Waals surface area contributed by atoms with Crippen LogP contribution in [0.4, 0.5) is 5.69 Å². The standard InChI is InChI=1S/C16H13NO2/c1-11-2-4-12(5-3-11)16(18)17-14-6-7-15-13(10-14)8-9-19-15/h2-10H,1H3,(H,17,18). The normalized spacial score (nSPS) is 10.6. The number of aryl methyl sites for hydroxylation is 1. The second-order valence-corrected chi connectivity index (χ2v) is 4.49. The van der Waals surface area contributed by atoms with Gasteiger partial charge in [-0.25, -0.2) is 0 Å². The number of benzene rings is 2. The number of amides is 1. The molecule has 0 radical (unpaired) electrons. The van der Waals surface area contributed by atoms with Gasteiger partial charge in [-0.3, -0.25) is 4.79 Å². The van der Waals surface area contributed by atoms with Crippen LogP contribution >= 0.6 is 0 Å². The van der Waals surface area contributed by atoms with Crippen molar-refractivity contribution in [1.82, 2.24) is 0 Å². The Balaban J connectivity index is 1.83. The Hall–Kier alpha value is -2.55. The third kappa shape index (κ3) is 2.36. The van der Waals surface area contributed by atoms with Crippen LogP contribution in [0, 0.1) is 6.92 Å². The van der Waals surface area contributed by atoms with Gasteiger partial charge in [0.05, 0.1) is 6.26 Å². The molecule has 1 aromatic heterocycles. The monoisotopic (exact) mass is 251 g/mol. The van der Waals surface area contributed by atoms with E-state index in [-0.39, 0.29) is 5.91 Å². The molecule has 2 aromatic carbocycles. The summed E-state index contributed by atoms with van der Waals surface area (Å²) < 4.78 is 5.26. The van der Waals surface area contributed by atoms with Crippen molar-refractivity contribution in [2.24, 2.45) is 0 Å². The van der Waals surface area contributed by atoms with Crippen molar-refractivity contribution in [3.05, 3.63) is 65.9 Å². The minimum Gasteiger partial charge on any atom is -0.464 e. The number of carbonyl (C=O) groups excluding carboxylic acids is 1. The smallest absolute Gasteiger partial charge is 0.255 e. The van der Waals surface area contributed by atoms with Gasteiger partial charge in [-0.05, 0) is 43.3 Å². The number of carbonyl (C=O) groups is 1. The highest BCUT2D eigenvalue weighted by atomic mass is 16.3. The van der Waals surface area contributed by atoms with Crippen molar-refractivity contribution >= 4 is 22.6 Å². The third-order valence-corrected chi connectivity index (χ3v) is 3.02. The molecule has 94 valence electrons. The van der Waals surface area contributed by atoms with Crippen LogP contribution in [-0.4, -0.2) is 5.91 Å². The average molecular weight is 251 g/mol. The maximum atomic E-state index is 12.1. The number of anilines is 1. The first-order chi connectivity index (χ1) is 9.22. The van der Waals surface area contributed by atoms with Gasteiger partial charge in [0.2, 0.25) is 0 Å². The van der Waals surface area contributed by atoms with Crippen molar-refractivity contribution in [2.45, 2.75) is 6.92 Å². The molecule has 1 heterocycles. The summed E-state index contributed by atoms with van der Waals surface area (Å²) in [5.41, 5.74) is 3.36. The molecular formula is C16H13NO2. The molecule has 0 spiro atoms. The summed E-state index contributed by atoms with van der Waals surface area (Å²) in [6.07, 6.45) is 1.64. The lowest BCUT2D eigenvalue weighted by atomic mass is 10.1. The number of furan rings is 1. The first-order valence-corrected chi connectivity index (χ1v) is 6.08. The van der Waals surface area contributed by atoms with Crippen LogP contribution in [0.25, 0.3) is 11.0 Å². The molecule has 3 heteroatoms. The molecule has 3 rings (SSSR count). The number of hydrogen-bond donors (Lipinski definition) is 1. The van der Waals surface area contributed by atoms with Crippen LogP contribution in [0.3, 0.4) is 0 Å². The first kappa shape index (κ1) is 11.5. The Kier molecular flexibility index (Phi) is 2.80. The molecular weight excluding hydrogens is 238 g/mol. The molecule has 0 unspecified atom stereocenters. The molecule has 19 heavy (non-hydrogen) atoms. The van der Waals surface area contributed by atoms with Gasteiger partial charge in [-0.2, -0.15) is 0 Å². The van der Waals surface area contributed by atoms with E-state index in [1.54, 1.807) is 6.26 Å². The summed E-state index contributed by atoms with van der Waals surface area (Å²) in [5.74, 6) is -0.108. The molecule has 1 N–H and O–H groups in total. The lowest BCUT2D eigenvalue weighted by Gasteiger charge is -2.05. The van der Waals surface area contributed by atoms with Gasteiger partial charge in [0.1, 0.15) is 5.58 Å². The van der Waals surface area contributed by atoms with E-state index in [0.29, 0.717) is 5.56 Å². The predicted molar refractivity (Wildman–Crippen MR) is 75.3 cm³/mol. The number of rotatable bonds is 2. The minimum absolute atomic E-state index is 0.108. The molecule has 3 aromatic rings. The zero-order chi connectivity index (χ0) is 13.2. The topological polar surface area (TPSA) is 42.2 Å². The van der Waals surface area contributed by atoms with Crippen LogP contribution < -0.4 is 5.32 Å². The Morgan fingerprint density at radius 2 is 1.84 bits per heavy atom. The average Bonchev–Trinajstić information content (AvgIpc) is 2.87. The van der Waals surface area contributed by atoms with Crippen molar-refractivity contribution in [3.63, 3.8) is 0 Å². The Labute approximate surface area is 110 Å². The Bertz CT molecular complexity index is 726. The van der Waals surface area contributed by atoms with Crippen molar-refractivity contribution in [1.29, 1.82) is 0 Å². The van der Waals surface area contributed by atoms with Gasteiger partial charge >= 0.3 is 0 Å². The van der Waals surface area contributed by atoms with Gasteiger partial charge in [-0.15, -0.1) is 0 Å². The third-order valence-electron chi connectivity index (χ3n) is 3.02. The van der Waals surface area contributed by atoms with Crippen LogP contribution in [-0.2, 0) is 0 Å². The zero-order valence-corrected chi connectivity index (χ0v) is 10.5. The van der Waals surface area contributed by atoms with E-state index >= 15 is 0 Å². The van der Waals surface area contributed by atoms with Gasteiger partial charge < -0.3 is 9.73 Å². The molecule has 0 fully saturated rings. The lowest BCUT2D eigenvalue weighted by Crippen LogP contribution is -2.11. The lowest BCUT2D eigenvalue weighted by molar-refractivity contribution is 0.102. The number of hydrogen-bond acceptors (Lipinski definition) is 2. The van der Waals surface area contributed by atoms with E-state index in [9.17, 15) is 4.79 Å². The summed E-state index contributed by atoms with van der Waals surface area (Å²) in [4.78, 5) is 12.1. The summed E-state index contributed by atoms with van der Waals surface area (Å²) in [5, 5.41) is 3.85. The van der Waals surface area contributed by atoms with E-state index < -0.39 is 0 Å². The minimum atomic E-state index is -0.108. The van der Waals surface area contributed by atoms with Crippen molar-refractivity contribution < 1.29 is 9.21 Å². The SMILES string of the molecule is Cc1ccc(C(=O)Nc2ccc3occc3c2)cc1. The van der Waals surface area contributed by atoms with Crippen LogP contribution in [0.15, 0.2) is 59.2 Å². The summed E-state index contributed by atoms with van der Waals surface area (Å²) in [6, 6.07) is 14.9. The molecule has 0 atom stereocenters. The highest BCUT2D eigenvalue weighted by Gasteiger charge is 2.06. The maximum Gasteiger partial charge on any atom is 0.255 e. The van der Waals surface area contributed by atoms with Crippen molar-refractivity contribution in [3.8, 4) is 0 Å². The highest BCUT2D eigenvalue weighted by molar-refractivity contribution is 6.05. The Morgan fingerprint density at radius 3 is 2.63 bits per heavy atom. The fourth-order valence-electron chi connectivity index (χ4n) is 1.95. The molecule has 3 nitrogen and oxygen atoms in total. The van der Waals surface area contributed by atoms with Crippen LogP contribution in [0.5, 0.6) is 0 Å². The number of fused-ring (bicyclic) bond motifs is 1. The first-order valence-electron chi connectivity index (χ1n) is 6.08. The predicted octanol–water partition coefficient (Wildman–Crippen LogP) is 3.99. The molecule has 0 bridgehead atoms. The highest BCUT2D eigenvalue weighted by Crippen LogP contribution is 2.20. The fraction of sp³-hybridized carbons (Fsp3) is 0.0625. The summed E-state index contributed by atoms with van der Waals surface area (Å²) >= 11 is 0. The van der Waals surface area contributed by atoms with Gasteiger partial charge in [0, 0.05) is 16.6 Å².